The summed E-state index contributed by atoms with van der Waals surface area (Å²) in [7, 11) is 1.70. The molecule has 1 aliphatic rings. The second-order valence-electron chi connectivity index (χ2n) is 6.83. The molecule has 27 heavy (non-hydrogen) atoms. The Bertz CT molecular complexity index is 968. The lowest BCUT2D eigenvalue weighted by molar-refractivity contribution is 0.241. The molecule has 4 rings (SSSR count). The third-order valence-corrected chi connectivity index (χ3v) is 4.80. The summed E-state index contributed by atoms with van der Waals surface area (Å²) < 4.78 is 7.24. The second-order valence-corrected chi connectivity index (χ2v) is 6.83. The van der Waals surface area contributed by atoms with E-state index in [4.69, 9.17) is 4.74 Å². The molecule has 0 N–H and O–H groups in total. The largest absolute Gasteiger partial charge is 0.489 e. The van der Waals surface area contributed by atoms with Crippen molar-refractivity contribution in [1.29, 1.82) is 0 Å². The minimum Gasteiger partial charge on any atom is -0.489 e. The van der Waals surface area contributed by atoms with Crippen molar-refractivity contribution < 1.29 is 4.74 Å². The first-order chi connectivity index (χ1) is 13.2. The van der Waals surface area contributed by atoms with Crippen molar-refractivity contribution in [3.63, 3.8) is 0 Å². The van der Waals surface area contributed by atoms with Crippen LogP contribution in [-0.4, -0.2) is 26.2 Å². The van der Waals surface area contributed by atoms with Crippen LogP contribution in [0.15, 0.2) is 59.7 Å². The van der Waals surface area contributed by atoms with Gasteiger partial charge in [-0.3, -0.25) is 14.7 Å². The van der Waals surface area contributed by atoms with Gasteiger partial charge in [0.05, 0.1) is 5.69 Å². The van der Waals surface area contributed by atoms with Crippen molar-refractivity contribution in [2.75, 3.05) is 6.54 Å². The lowest BCUT2D eigenvalue weighted by atomic mass is 10.1. The molecule has 1 aliphatic heterocycles. The number of benzene rings is 1. The van der Waals surface area contributed by atoms with Gasteiger partial charge in [-0.15, -0.1) is 0 Å². The molecular formula is C21H22N4O2. The van der Waals surface area contributed by atoms with E-state index in [1.165, 1.54) is 10.2 Å². The van der Waals surface area contributed by atoms with Crippen LogP contribution in [0.4, 0.5) is 0 Å². The van der Waals surface area contributed by atoms with Crippen molar-refractivity contribution in [1.82, 2.24) is 19.7 Å². The third-order valence-electron chi connectivity index (χ3n) is 4.80. The van der Waals surface area contributed by atoms with Gasteiger partial charge in [0, 0.05) is 51.6 Å². The maximum atomic E-state index is 11.8. The van der Waals surface area contributed by atoms with Crippen LogP contribution in [0, 0.1) is 0 Å². The van der Waals surface area contributed by atoms with E-state index in [0.29, 0.717) is 6.61 Å². The molecule has 0 aliphatic carbocycles. The zero-order valence-corrected chi connectivity index (χ0v) is 15.3. The molecule has 0 amide bonds. The quantitative estimate of drug-likeness (QED) is 0.697. The SMILES string of the molecule is Cn1nc2c(cc1=O)CN(Cc1ccc(OCc3ccncc3)cc1)CC2. The van der Waals surface area contributed by atoms with Crippen molar-refractivity contribution in [3.05, 3.63) is 87.6 Å². The second kappa shape index (κ2) is 7.72. The molecule has 0 atom stereocenters. The normalized spacial score (nSPS) is 14.0. The number of aromatic nitrogens is 3. The van der Waals surface area contributed by atoms with E-state index < -0.39 is 0 Å². The van der Waals surface area contributed by atoms with Crippen molar-refractivity contribution in [2.24, 2.45) is 7.05 Å². The zero-order valence-electron chi connectivity index (χ0n) is 15.3. The first kappa shape index (κ1) is 17.4. The Labute approximate surface area is 158 Å². The monoisotopic (exact) mass is 362 g/mol. The summed E-state index contributed by atoms with van der Waals surface area (Å²) in [5, 5.41) is 4.37. The van der Waals surface area contributed by atoms with Crippen LogP contribution < -0.4 is 10.3 Å². The van der Waals surface area contributed by atoms with E-state index in [2.05, 4.69) is 27.1 Å². The van der Waals surface area contributed by atoms with Gasteiger partial charge in [0.2, 0.25) is 0 Å². The summed E-state index contributed by atoms with van der Waals surface area (Å²) in [6, 6.07) is 13.8. The smallest absolute Gasteiger partial charge is 0.266 e. The molecule has 0 spiro atoms. The lowest BCUT2D eigenvalue weighted by Crippen LogP contribution is -2.33. The Morgan fingerprint density at radius 2 is 1.85 bits per heavy atom. The number of hydrogen-bond donors (Lipinski definition) is 0. The number of nitrogens with zero attached hydrogens (tertiary/aromatic N) is 4. The summed E-state index contributed by atoms with van der Waals surface area (Å²) in [6.45, 7) is 3.09. The summed E-state index contributed by atoms with van der Waals surface area (Å²) in [5.41, 5.74) is 4.36. The molecule has 0 saturated heterocycles. The molecular weight excluding hydrogens is 340 g/mol. The summed E-state index contributed by atoms with van der Waals surface area (Å²) >= 11 is 0. The van der Waals surface area contributed by atoms with Crippen molar-refractivity contribution in [2.45, 2.75) is 26.1 Å². The standard InChI is InChI=1S/C21H22N4O2/c1-24-21(26)12-18-14-25(11-8-20(18)23-24)13-16-2-4-19(5-3-16)27-15-17-6-9-22-10-7-17/h2-7,9-10,12H,8,11,13-15H2,1H3. The molecule has 6 nitrogen and oxygen atoms in total. The van der Waals surface area contributed by atoms with Gasteiger partial charge < -0.3 is 4.74 Å². The average Bonchev–Trinajstić information content (AvgIpc) is 2.69. The highest BCUT2D eigenvalue weighted by Crippen LogP contribution is 2.19. The van der Waals surface area contributed by atoms with Gasteiger partial charge >= 0.3 is 0 Å². The minimum absolute atomic E-state index is 0.0497. The van der Waals surface area contributed by atoms with Gasteiger partial charge in [0.15, 0.2) is 0 Å². The van der Waals surface area contributed by atoms with E-state index in [1.54, 1.807) is 25.5 Å². The Balaban J connectivity index is 1.36. The molecule has 138 valence electrons. The van der Waals surface area contributed by atoms with Crippen LogP contribution in [0.1, 0.15) is 22.4 Å². The molecule has 3 aromatic rings. The van der Waals surface area contributed by atoms with E-state index in [1.807, 2.05) is 24.3 Å². The molecule has 0 bridgehead atoms. The Morgan fingerprint density at radius 1 is 1.07 bits per heavy atom. The minimum atomic E-state index is -0.0497. The van der Waals surface area contributed by atoms with E-state index in [0.717, 1.165) is 48.6 Å². The van der Waals surface area contributed by atoms with Gasteiger partial charge in [0.25, 0.3) is 5.56 Å². The Kier molecular flexibility index (Phi) is 4.98. The van der Waals surface area contributed by atoms with Crippen LogP contribution in [0.3, 0.4) is 0 Å². The maximum Gasteiger partial charge on any atom is 0.266 e. The number of fused-ring (bicyclic) bond motifs is 1. The number of ether oxygens (including phenoxy) is 1. The third kappa shape index (κ3) is 4.23. The molecule has 1 aromatic carbocycles. The van der Waals surface area contributed by atoms with E-state index >= 15 is 0 Å². The van der Waals surface area contributed by atoms with Crippen LogP contribution in [-0.2, 0) is 33.2 Å². The van der Waals surface area contributed by atoms with E-state index in [-0.39, 0.29) is 5.56 Å². The molecule has 0 unspecified atom stereocenters. The fourth-order valence-electron chi connectivity index (χ4n) is 3.28. The van der Waals surface area contributed by atoms with Crippen LogP contribution >= 0.6 is 0 Å². The molecule has 2 aromatic heterocycles. The number of aryl methyl sites for hydroxylation is 1. The summed E-state index contributed by atoms with van der Waals surface area (Å²) in [4.78, 5) is 18.2. The Hall–Kier alpha value is -2.99. The topological polar surface area (TPSA) is 60.2 Å². The van der Waals surface area contributed by atoms with Crippen molar-refractivity contribution >= 4 is 0 Å². The van der Waals surface area contributed by atoms with Crippen LogP contribution in [0.25, 0.3) is 0 Å². The molecule has 6 heteroatoms. The maximum absolute atomic E-state index is 11.8. The van der Waals surface area contributed by atoms with E-state index in [9.17, 15) is 4.79 Å². The highest BCUT2D eigenvalue weighted by atomic mass is 16.5. The van der Waals surface area contributed by atoms with Gasteiger partial charge in [-0.25, -0.2) is 4.68 Å². The number of rotatable bonds is 5. The van der Waals surface area contributed by atoms with Gasteiger partial charge in [-0.05, 0) is 41.0 Å². The molecule has 0 saturated carbocycles. The van der Waals surface area contributed by atoms with Crippen LogP contribution in [0.5, 0.6) is 5.75 Å². The fraction of sp³-hybridized carbons (Fsp3) is 0.286. The summed E-state index contributed by atoms with van der Waals surface area (Å²) in [6.07, 6.45) is 4.41. The van der Waals surface area contributed by atoms with Gasteiger partial charge in [-0.2, -0.15) is 5.10 Å². The highest BCUT2D eigenvalue weighted by Gasteiger charge is 2.18. The summed E-state index contributed by atoms with van der Waals surface area (Å²) in [5.74, 6) is 0.854. The predicted octanol–water partition coefficient (Wildman–Crippen LogP) is 2.31. The first-order valence-corrected chi connectivity index (χ1v) is 9.06. The number of pyridine rings is 1. The predicted molar refractivity (Wildman–Crippen MR) is 102 cm³/mol. The average molecular weight is 362 g/mol. The van der Waals surface area contributed by atoms with Gasteiger partial charge in [-0.1, -0.05) is 12.1 Å². The van der Waals surface area contributed by atoms with Crippen LogP contribution in [0.2, 0.25) is 0 Å². The zero-order chi connectivity index (χ0) is 18.6. The molecule has 0 radical (unpaired) electrons. The molecule has 3 heterocycles. The Morgan fingerprint density at radius 3 is 2.63 bits per heavy atom. The molecule has 0 fully saturated rings. The van der Waals surface area contributed by atoms with Gasteiger partial charge in [0.1, 0.15) is 12.4 Å². The first-order valence-electron chi connectivity index (χ1n) is 9.06. The lowest BCUT2D eigenvalue weighted by Gasteiger charge is -2.28. The fourth-order valence-corrected chi connectivity index (χ4v) is 3.28. The highest BCUT2D eigenvalue weighted by molar-refractivity contribution is 5.28. The van der Waals surface area contributed by atoms with Crippen molar-refractivity contribution in [3.8, 4) is 5.75 Å². The number of hydrogen-bond acceptors (Lipinski definition) is 5.